The zero-order valence-corrected chi connectivity index (χ0v) is 30.4. The molecule has 0 aliphatic carbocycles. The summed E-state index contributed by atoms with van der Waals surface area (Å²) in [6, 6.07) is 43.8. The normalized spacial score (nSPS) is 11.7. The molecule has 2 nitrogen and oxygen atoms in total. The SMILES string of the molecule is C=C/C=C\C(=C/C)N(c1ccc(-c2ccc(N(c3ccccc3)c3c(C)ccc4ccccc34)cc2)cc1C)c1c(C)ccc(/C=C\C)c1C=C. The molecule has 0 radical (unpaired) electrons. The summed E-state index contributed by atoms with van der Waals surface area (Å²) in [4.78, 5) is 4.73. The predicted octanol–water partition coefficient (Wildman–Crippen LogP) is 14.4. The Bertz CT molecular complexity index is 2280. The van der Waals surface area contributed by atoms with Gasteiger partial charge < -0.3 is 9.80 Å². The molecule has 0 saturated carbocycles. The molecule has 252 valence electrons. The van der Waals surface area contributed by atoms with Crippen molar-refractivity contribution in [3.8, 4) is 11.1 Å². The Morgan fingerprint density at radius 1 is 0.627 bits per heavy atom. The second kappa shape index (κ2) is 15.6. The van der Waals surface area contributed by atoms with E-state index in [0.717, 1.165) is 39.6 Å². The number of para-hydroxylation sites is 1. The van der Waals surface area contributed by atoms with Crippen LogP contribution in [0, 0.1) is 20.8 Å². The number of hydrogen-bond donors (Lipinski definition) is 0. The van der Waals surface area contributed by atoms with Gasteiger partial charge in [0.1, 0.15) is 0 Å². The van der Waals surface area contributed by atoms with E-state index >= 15 is 0 Å². The van der Waals surface area contributed by atoms with Gasteiger partial charge in [0.05, 0.1) is 11.4 Å². The minimum atomic E-state index is 1.06. The van der Waals surface area contributed by atoms with Crippen LogP contribution in [0.2, 0.25) is 0 Å². The number of rotatable bonds is 11. The smallest absolute Gasteiger partial charge is 0.0569 e. The second-order valence-corrected chi connectivity index (χ2v) is 12.8. The average molecular weight is 663 g/mol. The fourth-order valence-corrected chi connectivity index (χ4v) is 6.96. The Balaban J connectivity index is 1.44. The molecular weight excluding hydrogens is 617 g/mol. The molecule has 2 heteroatoms. The molecule has 0 unspecified atom stereocenters. The molecule has 0 aromatic heterocycles. The lowest BCUT2D eigenvalue weighted by molar-refractivity contribution is 1.16. The third-order valence-electron chi connectivity index (χ3n) is 9.42. The predicted molar refractivity (Wildman–Crippen MR) is 225 cm³/mol. The molecule has 0 saturated heterocycles. The van der Waals surface area contributed by atoms with Crippen LogP contribution in [-0.2, 0) is 0 Å². The summed E-state index contributed by atoms with van der Waals surface area (Å²) in [7, 11) is 0. The number of hydrogen-bond acceptors (Lipinski definition) is 2. The lowest BCUT2D eigenvalue weighted by atomic mass is 9.96. The van der Waals surface area contributed by atoms with E-state index in [9.17, 15) is 0 Å². The zero-order valence-electron chi connectivity index (χ0n) is 30.4. The van der Waals surface area contributed by atoms with Crippen molar-refractivity contribution in [2.45, 2.75) is 34.6 Å². The third-order valence-corrected chi connectivity index (χ3v) is 9.42. The minimum Gasteiger partial charge on any atom is -0.310 e. The van der Waals surface area contributed by atoms with Crippen LogP contribution in [0.25, 0.3) is 34.1 Å². The van der Waals surface area contributed by atoms with Gasteiger partial charge in [-0.15, -0.1) is 0 Å². The maximum absolute atomic E-state index is 4.24. The highest BCUT2D eigenvalue weighted by Gasteiger charge is 2.22. The molecule has 6 rings (SSSR count). The highest BCUT2D eigenvalue weighted by molar-refractivity contribution is 6.00. The summed E-state index contributed by atoms with van der Waals surface area (Å²) >= 11 is 0. The standard InChI is InChI=1S/C49H46N2/c1-8-12-20-42(10-3)51(48-35(5)24-26-39(18-9-2)45(48)11-4)47-33-30-41(34-37(47)7)38-28-31-44(32-29-38)50(43-21-14-13-15-22-43)49-36(6)25-27-40-19-16-17-23-46(40)49/h8-34H,1,4H2,2-3,5-7H3/b18-9-,20-12-,42-10+. The molecule has 6 aromatic rings. The van der Waals surface area contributed by atoms with Gasteiger partial charge in [0, 0.05) is 33.7 Å². The van der Waals surface area contributed by atoms with Crippen molar-refractivity contribution in [2.75, 3.05) is 9.80 Å². The van der Waals surface area contributed by atoms with E-state index in [1.54, 1.807) is 0 Å². The maximum atomic E-state index is 4.24. The fraction of sp³-hybridized carbons (Fsp3) is 0.102. The number of fused-ring (bicyclic) bond motifs is 1. The van der Waals surface area contributed by atoms with Crippen LogP contribution in [0.5, 0.6) is 0 Å². The summed E-state index contributed by atoms with van der Waals surface area (Å²) < 4.78 is 0. The van der Waals surface area contributed by atoms with E-state index in [0.29, 0.717) is 0 Å². The first kappa shape index (κ1) is 34.7. The van der Waals surface area contributed by atoms with Gasteiger partial charge in [-0.25, -0.2) is 0 Å². The molecule has 0 aliphatic heterocycles. The van der Waals surface area contributed by atoms with E-state index in [2.05, 4.69) is 196 Å². The van der Waals surface area contributed by atoms with Crippen molar-refractivity contribution in [1.29, 1.82) is 0 Å². The van der Waals surface area contributed by atoms with E-state index in [1.807, 2.05) is 25.2 Å². The van der Waals surface area contributed by atoms with Gasteiger partial charge >= 0.3 is 0 Å². The number of benzene rings is 6. The van der Waals surface area contributed by atoms with Crippen molar-refractivity contribution >= 4 is 51.4 Å². The first-order valence-electron chi connectivity index (χ1n) is 17.6. The first-order chi connectivity index (χ1) is 24.9. The monoisotopic (exact) mass is 662 g/mol. The molecule has 0 bridgehead atoms. The van der Waals surface area contributed by atoms with Gasteiger partial charge in [-0.3, -0.25) is 0 Å². The molecule has 0 aliphatic rings. The van der Waals surface area contributed by atoms with Gasteiger partial charge in [0.2, 0.25) is 0 Å². The van der Waals surface area contributed by atoms with Crippen molar-refractivity contribution in [3.05, 3.63) is 198 Å². The number of nitrogens with zero attached hydrogens (tertiary/aromatic N) is 2. The third kappa shape index (κ3) is 7.00. The van der Waals surface area contributed by atoms with Crippen LogP contribution in [0.3, 0.4) is 0 Å². The highest BCUT2D eigenvalue weighted by Crippen LogP contribution is 2.43. The Hall–Kier alpha value is -6.12. The summed E-state index contributed by atoms with van der Waals surface area (Å²) in [6.45, 7) is 18.9. The van der Waals surface area contributed by atoms with Gasteiger partial charge in [0.25, 0.3) is 0 Å². The molecule has 0 amide bonds. The van der Waals surface area contributed by atoms with Crippen LogP contribution in [0.15, 0.2) is 171 Å². The van der Waals surface area contributed by atoms with Crippen LogP contribution in [-0.4, -0.2) is 0 Å². The highest BCUT2D eigenvalue weighted by atomic mass is 15.2. The zero-order chi connectivity index (χ0) is 35.9. The van der Waals surface area contributed by atoms with Gasteiger partial charge in [-0.1, -0.05) is 135 Å². The summed E-state index contributed by atoms with van der Waals surface area (Å²) in [5.41, 5.74) is 14.9. The topological polar surface area (TPSA) is 6.48 Å². The summed E-state index contributed by atoms with van der Waals surface area (Å²) in [5, 5.41) is 2.46. The molecule has 0 fully saturated rings. The molecule has 0 heterocycles. The van der Waals surface area contributed by atoms with Crippen LogP contribution in [0.1, 0.15) is 41.7 Å². The molecule has 0 atom stereocenters. The first-order valence-corrected chi connectivity index (χ1v) is 17.6. The Kier molecular flexibility index (Phi) is 10.6. The van der Waals surface area contributed by atoms with Gasteiger partial charge in [-0.2, -0.15) is 0 Å². The fourth-order valence-electron chi connectivity index (χ4n) is 6.96. The van der Waals surface area contributed by atoms with Crippen molar-refractivity contribution < 1.29 is 0 Å². The average Bonchev–Trinajstić information content (AvgIpc) is 3.16. The Labute approximate surface area is 304 Å². The van der Waals surface area contributed by atoms with Crippen molar-refractivity contribution in [3.63, 3.8) is 0 Å². The van der Waals surface area contributed by atoms with Crippen molar-refractivity contribution in [1.82, 2.24) is 0 Å². The van der Waals surface area contributed by atoms with Crippen LogP contribution < -0.4 is 9.80 Å². The Morgan fingerprint density at radius 3 is 1.98 bits per heavy atom. The molecule has 0 N–H and O–H groups in total. The number of allylic oxidation sites excluding steroid dienone is 5. The maximum Gasteiger partial charge on any atom is 0.0569 e. The van der Waals surface area contributed by atoms with Gasteiger partial charge in [-0.05, 0) is 116 Å². The minimum absolute atomic E-state index is 1.06. The molecule has 0 spiro atoms. The molecule has 6 aromatic carbocycles. The van der Waals surface area contributed by atoms with E-state index in [-0.39, 0.29) is 0 Å². The van der Waals surface area contributed by atoms with Gasteiger partial charge in [0.15, 0.2) is 0 Å². The van der Waals surface area contributed by atoms with E-state index in [4.69, 9.17) is 0 Å². The molecule has 51 heavy (non-hydrogen) atoms. The van der Waals surface area contributed by atoms with Crippen molar-refractivity contribution in [2.24, 2.45) is 0 Å². The molecular formula is C49H46N2. The van der Waals surface area contributed by atoms with Crippen LogP contribution >= 0.6 is 0 Å². The summed E-state index contributed by atoms with van der Waals surface area (Å²) in [5.74, 6) is 0. The van der Waals surface area contributed by atoms with E-state index < -0.39 is 0 Å². The largest absolute Gasteiger partial charge is 0.310 e. The quantitative estimate of drug-likeness (QED) is 0.127. The van der Waals surface area contributed by atoms with E-state index in [1.165, 1.54) is 44.3 Å². The second-order valence-electron chi connectivity index (χ2n) is 12.8. The lowest BCUT2D eigenvalue weighted by Gasteiger charge is -2.32. The van der Waals surface area contributed by atoms with Crippen LogP contribution in [0.4, 0.5) is 28.4 Å². The Morgan fingerprint density at radius 2 is 1.29 bits per heavy atom. The number of aryl methyl sites for hydroxylation is 3. The number of anilines is 5. The lowest BCUT2D eigenvalue weighted by Crippen LogP contribution is -2.19. The summed E-state index contributed by atoms with van der Waals surface area (Å²) in [6.07, 6.45) is 14.3.